The molecule has 0 amide bonds. The zero-order valence-corrected chi connectivity index (χ0v) is 18.8. The molecule has 0 unspecified atom stereocenters. The van der Waals surface area contributed by atoms with Crippen LogP contribution in [-0.2, 0) is 4.74 Å². The lowest BCUT2D eigenvalue weighted by atomic mass is 10.1. The van der Waals surface area contributed by atoms with Crippen LogP contribution in [0.15, 0.2) is 53.9 Å². The molecule has 0 aromatic heterocycles. The first-order valence-corrected chi connectivity index (χ1v) is 9.88. The molecule has 6 nitrogen and oxygen atoms in total. The van der Waals surface area contributed by atoms with Crippen molar-refractivity contribution < 1.29 is 14.6 Å². The van der Waals surface area contributed by atoms with Crippen molar-refractivity contribution in [3.63, 3.8) is 0 Å². The number of hydrogen-bond acceptors (Lipinski definition) is 6. The summed E-state index contributed by atoms with van der Waals surface area (Å²) in [7, 11) is 4.04. The summed E-state index contributed by atoms with van der Waals surface area (Å²) >= 11 is 0. The summed E-state index contributed by atoms with van der Waals surface area (Å²) in [5.41, 5.74) is 5.67. The molecular formula is C23H37N3O3. The van der Waals surface area contributed by atoms with Gasteiger partial charge in [-0.3, -0.25) is 0 Å². The van der Waals surface area contributed by atoms with Crippen molar-refractivity contribution in [2.45, 2.75) is 27.7 Å². The maximum Gasteiger partial charge on any atom is 0.189 e. The van der Waals surface area contributed by atoms with Gasteiger partial charge in [-0.2, -0.15) is 0 Å². The van der Waals surface area contributed by atoms with E-state index in [4.69, 9.17) is 14.6 Å². The van der Waals surface area contributed by atoms with Gasteiger partial charge in [-0.1, -0.05) is 24.3 Å². The van der Waals surface area contributed by atoms with E-state index in [9.17, 15) is 0 Å². The Kier molecular flexibility index (Phi) is 11.1. The Morgan fingerprint density at radius 3 is 2.34 bits per heavy atom. The smallest absolute Gasteiger partial charge is 0.189 e. The summed E-state index contributed by atoms with van der Waals surface area (Å²) < 4.78 is 10.6. The second-order valence-electron chi connectivity index (χ2n) is 7.26. The van der Waals surface area contributed by atoms with E-state index in [1.165, 1.54) is 11.3 Å². The third-order valence-corrected chi connectivity index (χ3v) is 4.52. The van der Waals surface area contributed by atoms with Gasteiger partial charge in [-0.15, -0.1) is 0 Å². The molecule has 0 saturated heterocycles. The molecule has 0 aliphatic heterocycles. The van der Waals surface area contributed by atoms with Crippen molar-refractivity contribution in [3.05, 3.63) is 59.5 Å². The number of aliphatic hydroxyl groups is 1. The first kappa shape index (κ1) is 24.8. The highest BCUT2D eigenvalue weighted by atomic mass is 16.7. The average molecular weight is 404 g/mol. The predicted octanol–water partition coefficient (Wildman–Crippen LogP) is 3.63. The van der Waals surface area contributed by atoms with Gasteiger partial charge in [-0.25, -0.2) is 5.01 Å². The maximum absolute atomic E-state index is 8.69. The van der Waals surface area contributed by atoms with Crippen molar-refractivity contribution in [3.8, 4) is 5.75 Å². The molecule has 0 atom stereocenters. The van der Waals surface area contributed by atoms with E-state index in [0.717, 1.165) is 35.7 Å². The second kappa shape index (κ2) is 13.0. The average Bonchev–Trinajstić information content (AvgIpc) is 2.68. The van der Waals surface area contributed by atoms with Gasteiger partial charge in [0.15, 0.2) is 6.79 Å². The molecule has 0 radical (unpaired) electrons. The highest BCUT2D eigenvalue weighted by molar-refractivity contribution is 5.66. The fourth-order valence-corrected chi connectivity index (χ4v) is 2.58. The molecule has 0 spiro atoms. The molecule has 0 saturated carbocycles. The number of aliphatic hydroxyl groups excluding tert-OH is 1. The van der Waals surface area contributed by atoms with E-state index in [1.54, 1.807) is 0 Å². The number of hydrogen-bond donors (Lipinski definition) is 2. The minimum absolute atomic E-state index is 0.00917. The van der Waals surface area contributed by atoms with Crippen LogP contribution in [0.2, 0.25) is 0 Å². The maximum atomic E-state index is 8.69. The molecule has 1 aromatic rings. The van der Waals surface area contributed by atoms with E-state index in [1.807, 2.05) is 38.4 Å². The van der Waals surface area contributed by atoms with Crippen molar-refractivity contribution in [2.75, 3.05) is 47.2 Å². The number of nitrogens with one attached hydrogen (secondary N) is 1. The minimum atomic E-state index is -0.00917. The number of benzene rings is 1. The van der Waals surface area contributed by atoms with Crippen LogP contribution in [0.3, 0.4) is 0 Å². The molecule has 0 fully saturated rings. The zero-order chi connectivity index (χ0) is 21.8. The molecular weight excluding hydrogens is 366 g/mol. The van der Waals surface area contributed by atoms with Gasteiger partial charge < -0.3 is 24.9 Å². The summed E-state index contributed by atoms with van der Waals surface area (Å²) in [5.74, 6) is 0.731. The van der Waals surface area contributed by atoms with Crippen LogP contribution in [-0.4, -0.2) is 62.3 Å². The van der Waals surface area contributed by atoms with Crippen LogP contribution in [0.25, 0.3) is 5.57 Å². The minimum Gasteiger partial charge on any atom is -0.468 e. The van der Waals surface area contributed by atoms with Crippen molar-refractivity contribution >= 4 is 5.57 Å². The zero-order valence-electron chi connectivity index (χ0n) is 18.8. The van der Waals surface area contributed by atoms with Crippen molar-refractivity contribution in [1.82, 2.24) is 15.3 Å². The number of ether oxygens (including phenoxy) is 2. The summed E-state index contributed by atoms with van der Waals surface area (Å²) in [6, 6.07) is 7.85. The van der Waals surface area contributed by atoms with E-state index >= 15 is 0 Å². The van der Waals surface area contributed by atoms with E-state index < -0.39 is 0 Å². The van der Waals surface area contributed by atoms with Gasteiger partial charge in [0.2, 0.25) is 0 Å². The third kappa shape index (κ3) is 9.17. The monoisotopic (exact) mass is 403 g/mol. The Morgan fingerprint density at radius 1 is 1.14 bits per heavy atom. The molecule has 162 valence electrons. The molecule has 1 rings (SSSR count). The molecule has 2 N–H and O–H groups in total. The summed E-state index contributed by atoms with van der Waals surface area (Å²) in [5, 5.41) is 16.3. The fraction of sp³-hybridized carbons (Fsp3) is 0.478. The Bertz CT molecular complexity index is 690. The molecule has 0 aliphatic carbocycles. The second-order valence-corrected chi connectivity index (χ2v) is 7.26. The first-order valence-electron chi connectivity index (χ1n) is 9.88. The normalized spacial score (nSPS) is 11.4. The Morgan fingerprint density at radius 2 is 1.79 bits per heavy atom. The molecule has 6 heteroatoms. The highest BCUT2D eigenvalue weighted by Crippen LogP contribution is 2.20. The Hall–Kier alpha value is -2.28. The highest BCUT2D eigenvalue weighted by Gasteiger charge is 2.09. The van der Waals surface area contributed by atoms with Crippen LogP contribution in [0.4, 0.5) is 0 Å². The number of rotatable bonds is 13. The topological polar surface area (TPSA) is 57.2 Å². The lowest BCUT2D eigenvalue weighted by Crippen LogP contribution is -2.39. The third-order valence-electron chi connectivity index (χ3n) is 4.52. The molecule has 0 bridgehead atoms. The Balaban J connectivity index is 2.70. The van der Waals surface area contributed by atoms with Gasteiger partial charge in [0.1, 0.15) is 5.75 Å². The Labute approximate surface area is 176 Å². The predicted molar refractivity (Wildman–Crippen MR) is 120 cm³/mol. The van der Waals surface area contributed by atoms with Crippen molar-refractivity contribution in [2.24, 2.45) is 0 Å². The number of hydrazine groups is 1. The lowest BCUT2D eigenvalue weighted by molar-refractivity contribution is -0.00103. The molecule has 0 aliphatic rings. The van der Waals surface area contributed by atoms with Crippen LogP contribution in [0, 0.1) is 0 Å². The number of nitrogens with zero attached hydrogens (tertiary/aromatic N) is 2. The largest absolute Gasteiger partial charge is 0.468 e. The van der Waals surface area contributed by atoms with Crippen LogP contribution >= 0.6 is 0 Å². The van der Waals surface area contributed by atoms with E-state index in [-0.39, 0.29) is 20.0 Å². The van der Waals surface area contributed by atoms with Gasteiger partial charge in [-0.05, 0) is 57.0 Å². The summed E-state index contributed by atoms with van der Waals surface area (Å²) in [6.45, 7) is 14.7. The van der Waals surface area contributed by atoms with Crippen LogP contribution in [0.1, 0.15) is 33.3 Å². The first-order chi connectivity index (χ1) is 13.8. The standard InChI is InChI=1S/C23H37N3O3/c1-18(2)21(5)24-12-13-26(25(6)7)20(4)16-19(3)22-8-10-23(11-9-22)29-17-28-15-14-27/h8-11,16,24,27H,4,12-15,17H2,1-3,5-7H3/b19-16+. The van der Waals surface area contributed by atoms with Gasteiger partial charge in [0.25, 0.3) is 0 Å². The fourth-order valence-electron chi connectivity index (χ4n) is 2.58. The van der Waals surface area contributed by atoms with Gasteiger partial charge in [0.05, 0.1) is 19.8 Å². The number of allylic oxidation sites excluding steroid dienone is 4. The quantitative estimate of drug-likeness (QED) is 0.227. The lowest BCUT2D eigenvalue weighted by Gasteiger charge is -2.32. The van der Waals surface area contributed by atoms with E-state index in [2.05, 4.69) is 55.7 Å². The van der Waals surface area contributed by atoms with E-state index in [0.29, 0.717) is 0 Å². The summed E-state index contributed by atoms with van der Waals surface area (Å²) in [4.78, 5) is 0. The molecule has 0 heterocycles. The SMILES string of the molecule is C=C(/C=C(\C)c1ccc(OCOCCO)cc1)N(CCNC(C)=C(C)C)N(C)C. The van der Waals surface area contributed by atoms with Crippen LogP contribution in [0.5, 0.6) is 5.75 Å². The van der Waals surface area contributed by atoms with Crippen molar-refractivity contribution in [1.29, 1.82) is 0 Å². The summed E-state index contributed by atoms with van der Waals surface area (Å²) in [6.07, 6.45) is 2.09. The molecule has 29 heavy (non-hydrogen) atoms. The van der Waals surface area contributed by atoms with Gasteiger partial charge >= 0.3 is 0 Å². The van der Waals surface area contributed by atoms with Crippen LogP contribution < -0.4 is 10.1 Å². The van der Waals surface area contributed by atoms with Gasteiger partial charge in [0, 0.05) is 32.0 Å². The molecule has 1 aromatic carbocycles.